The SMILES string of the molecule is Cc1cc(C)cc(-c2ccc(/C=C3/SC(=S)N(CCC(=O)O)C3=O)o2)c1. The van der Waals surface area contributed by atoms with E-state index >= 15 is 0 Å². The normalized spacial score (nSPS) is 15.9. The van der Waals surface area contributed by atoms with Crippen LogP contribution in [-0.4, -0.2) is 32.7 Å². The second kappa shape index (κ2) is 7.47. The minimum atomic E-state index is -0.966. The Hall–Kier alpha value is -2.38. The standard InChI is InChI=1S/C19H17NO4S2/c1-11-7-12(2)9-13(8-11)15-4-3-14(24-15)10-16-18(23)20(19(25)26-16)6-5-17(21)22/h3-4,7-10H,5-6H2,1-2H3,(H,21,22)/b16-10+. The summed E-state index contributed by atoms with van der Waals surface area (Å²) in [4.78, 5) is 24.9. The van der Waals surface area contributed by atoms with E-state index in [2.05, 4.69) is 6.07 Å². The lowest BCUT2D eigenvalue weighted by Gasteiger charge is -2.12. The largest absolute Gasteiger partial charge is 0.481 e. The van der Waals surface area contributed by atoms with Crippen molar-refractivity contribution in [2.24, 2.45) is 0 Å². The first-order chi connectivity index (χ1) is 12.3. The molecular weight excluding hydrogens is 370 g/mol. The summed E-state index contributed by atoms with van der Waals surface area (Å²) < 4.78 is 6.23. The zero-order chi connectivity index (χ0) is 18.8. The van der Waals surface area contributed by atoms with E-state index in [0.717, 1.165) is 34.2 Å². The van der Waals surface area contributed by atoms with Crippen molar-refractivity contribution < 1.29 is 19.1 Å². The summed E-state index contributed by atoms with van der Waals surface area (Å²) in [5.41, 5.74) is 3.28. The molecule has 5 nitrogen and oxygen atoms in total. The highest BCUT2D eigenvalue weighted by atomic mass is 32.2. The second-order valence-corrected chi connectivity index (χ2v) is 7.73. The van der Waals surface area contributed by atoms with Crippen LogP contribution in [0.5, 0.6) is 0 Å². The molecular formula is C19H17NO4S2. The van der Waals surface area contributed by atoms with Crippen LogP contribution in [0, 0.1) is 13.8 Å². The lowest BCUT2D eigenvalue weighted by molar-refractivity contribution is -0.137. The summed E-state index contributed by atoms with van der Waals surface area (Å²) in [7, 11) is 0. The maximum absolute atomic E-state index is 12.4. The number of hydrogen-bond donors (Lipinski definition) is 1. The first kappa shape index (κ1) is 18.4. The molecule has 1 aromatic carbocycles. The molecule has 0 aliphatic carbocycles. The maximum Gasteiger partial charge on any atom is 0.305 e. The number of benzene rings is 1. The van der Waals surface area contributed by atoms with Gasteiger partial charge in [-0.2, -0.15) is 0 Å². The quantitative estimate of drug-likeness (QED) is 0.611. The Balaban J connectivity index is 1.81. The fourth-order valence-electron chi connectivity index (χ4n) is 2.73. The van der Waals surface area contributed by atoms with Crippen LogP contribution in [0.2, 0.25) is 0 Å². The van der Waals surface area contributed by atoms with Crippen LogP contribution in [0.15, 0.2) is 39.7 Å². The van der Waals surface area contributed by atoms with Crippen molar-refractivity contribution >= 4 is 46.3 Å². The second-order valence-electron chi connectivity index (χ2n) is 6.06. The minimum Gasteiger partial charge on any atom is -0.481 e. The third-order valence-electron chi connectivity index (χ3n) is 3.83. The van der Waals surface area contributed by atoms with E-state index in [1.54, 1.807) is 12.1 Å². The average molecular weight is 387 g/mol. The van der Waals surface area contributed by atoms with Crippen molar-refractivity contribution in [1.82, 2.24) is 4.90 Å². The van der Waals surface area contributed by atoms with Gasteiger partial charge in [0.1, 0.15) is 15.8 Å². The molecule has 0 saturated carbocycles. The first-order valence-electron chi connectivity index (χ1n) is 7.99. The zero-order valence-corrected chi connectivity index (χ0v) is 15.9. The van der Waals surface area contributed by atoms with Crippen LogP contribution in [0.1, 0.15) is 23.3 Å². The predicted octanol–water partition coefficient (Wildman–Crippen LogP) is 4.24. The number of amides is 1. The summed E-state index contributed by atoms with van der Waals surface area (Å²) in [6, 6.07) is 9.85. The van der Waals surface area contributed by atoms with Crippen molar-refractivity contribution in [2.75, 3.05) is 6.54 Å². The molecule has 3 rings (SSSR count). The number of thioether (sulfide) groups is 1. The van der Waals surface area contributed by atoms with Crippen molar-refractivity contribution in [3.8, 4) is 11.3 Å². The van der Waals surface area contributed by atoms with Gasteiger partial charge in [-0.15, -0.1) is 0 Å². The zero-order valence-electron chi connectivity index (χ0n) is 14.3. The third-order valence-corrected chi connectivity index (χ3v) is 5.21. The third kappa shape index (κ3) is 4.05. The number of carboxylic acids is 1. The molecule has 2 aromatic rings. The van der Waals surface area contributed by atoms with E-state index in [4.69, 9.17) is 21.7 Å². The Morgan fingerprint density at radius 3 is 2.62 bits per heavy atom. The molecule has 1 aliphatic rings. The topological polar surface area (TPSA) is 70.8 Å². The van der Waals surface area contributed by atoms with Crippen molar-refractivity contribution in [3.05, 3.63) is 52.1 Å². The number of carbonyl (C=O) groups is 2. The molecule has 0 radical (unpaired) electrons. The number of nitrogens with zero attached hydrogens (tertiary/aromatic N) is 1. The maximum atomic E-state index is 12.4. The number of hydrogen-bond acceptors (Lipinski definition) is 5. The molecule has 1 amide bonds. The lowest BCUT2D eigenvalue weighted by Crippen LogP contribution is -2.30. The van der Waals surface area contributed by atoms with E-state index in [1.807, 2.05) is 32.0 Å². The highest BCUT2D eigenvalue weighted by Gasteiger charge is 2.32. The van der Waals surface area contributed by atoms with Gasteiger partial charge >= 0.3 is 5.97 Å². The van der Waals surface area contributed by atoms with Crippen molar-refractivity contribution in [1.29, 1.82) is 0 Å². The van der Waals surface area contributed by atoms with Gasteiger partial charge in [-0.05, 0) is 38.1 Å². The minimum absolute atomic E-state index is 0.0727. The van der Waals surface area contributed by atoms with Gasteiger partial charge in [0.2, 0.25) is 0 Å². The monoisotopic (exact) mass is 387 g/mol. The van der Waals surface area contributed by atoms with Gasteiger partial charge in [0, 0.05) is 18.2 Å². The Kier molecular flexibility index (Phi) is 5.29. The van der Waals surface area contributed by atoms with Crippen LogP contribution in [-0.2, 0) is 9.59 Å². The Morgan fingerprint density at radius 2 is 1.96 bits per heavy atom. The molecule has 1 saturated heterocycles. The fraction of sp³-hybridized carbons (Fsp3) is 0.211. The van der Waals surface area contributed by atoms with Gasteiger partial charge in [-0.25, -0.2) is 0 Å². The molecule has 7 heteroatoms. The molecule has 1 aliphatic heterocycles. The molecule has 0 spiro atoms. The highest BCUT2D eigenvalue weighted by Crippen LogP contribution is 2.33. The van der Waals surface area contributed by atoms with E-state index in [0.29, 0.717) is 15.0 Å². The summed E-state index contributed by atoms with van der Waals surface area (Å²) in [6.07, 6.45) is 1.50. The number of carbonyl (C=O) groups excluding carboxylic acids is 1. The molecule has 0 unspecified atom stereocenters. The highest BCUT2D eigenvalue weighted by molar-refractivity contribution is 8.26. The summed E-state index contributed by atoms with van der Waals surface area (Å²) >= 11 is 6.33. The summed E-state index contributed by atoms with van der Waals surface area (Å²) in [6.45, 7) is 4.13. The molecule has 1 aromatic heterocycles. The molecule has 1 fully saturated rings. The Labute approximate surface area is 160 Å². The van der Waals surface area contributed by atoms with Crippen LogP contribution in [0.4, 0.5) is 0 Å². The van der Waals surface area contributed by atoms with Crippen molar-refractivity contribution in [2.45, 2.75) is 20.3 Å². The van der Waals surface area contributed by atoms with Crippen LogP contribution < -0.4 is 0 Å². The van der Waals surface area contributed by atoms with E-state index in [9.17, 15) is 9.59 Å². The lowest BCUT2D eigenvalue weighted by atomic mass is 10.1. The summed E-state index contributed by atoms with van der Waals surface area (Å²) in [5.74, 6) is 0.0278. The molecule has 0 atom stereocenters. The number of carboxylic acid groups (broad SMARTS) is 1. The number of rotatable bonds is 5. The van der Waals surface area contributed by atoms with Crippen LogP contribution in [0.25, 0.3) is 17.4 Å². The molecule has 1 N–H and O–H groups in total. The van der Waals surface area contributed by atoms with Gasteiger partial charge in [-0.3, -0.25) is 14.5 Å². The van der Waals surface area contributed by atoms with E-state index < -0.39 is 5.97 Å². The molecule has 134 valence electrons. The number of aryl methyl sites for hydroxylation is 2. The Morgan fingerprint density at radius 1 is 1.27 bits per heavy atom. The number of furan rings is 1. The molecule has 2 heterocycles. The van der Waals surface area contributed by atoms with Crippen LogP contribution >= 0.6 is 24.0 Å². The van der Waals surface area contributed by atoms with E-state index in [1.165, 1.54) is 4.90 Å². The molecule has 26 heavy (non-hydrogen) atoms. The van der Waals surface area contributed by atoms with Crippen molar-refractivity contribution in [3.63, 3.8) is 0 Å². The van der Waals surface area contributed by atoms with Gasteiger partial charge in [-0.1, -0.05) is 41.2 Å². The summed E-state index contributed by atoms with van der Waals surface area (Å²) in [5, 5.41) is 8.78. The van der Waals surface area contributed by atoms with Gasteiger partial charge < -0.3 is 9.52 Å². The van der Waals surface area contributed by atoms with Gasteiger partial charge in [0.05, 0.1) is 11.3 Å². The fourth-order valence-corrected chi connectivity index (χ4v) is 4.02. The van der Waals surface area contributed by atoms with Crippen LogP contribution in [0.3, 0.4) is 0 Å². The Bertz CT molecular complexity index is 909. The smallest absolute Gasteiger partial charge is 0.305 e. The predicted molar refractivity (Wildman–Crippen MR) is 106 cm³/mol. The van der Waals surface area contributed by atoms with E-state index in [-0.39, 0.29) is 18.9 Å². The number of aliphatic carboxylic acids is 1. The number of thiocarbonyl (C=S) groups is 1. The molecule has 0 bridgehead atoms. The average Bonchev–Trinajstić information content (AvgIpc) is 3.11. The first-order valence-corrected chi connectivity index (χ1v) is 9.21. The van der Waals surface area contributed by atoms with Gasteiger partial charge in [0.15, 0.2) is 0 Å². The van der Waals surface area contributed by atoms with Gasteiger partial charge in [0.25, 0.3) is 5.91 Å².